The molecule has 0 atom stereocenters. The number of carbonyl (C=O) groups excluding carboxylic acids is 6. The summed E-state index contributed by atoms with van der Waals surface area (Å²) in [5.74, 6) is 4.85. The fourth-order valence-electron chi connectivity index (χ4n) is 11.0. The first-order valence-electron chi connectivity index (χ1n) is 36.8. The van der Waals surface area contributed by atoms with Crippen molar-refractivity contribution in [3.05, 3.63) is 243 Å². The minimum Gasteiger partial charge on any atom is -0.507 e. The van der Waals surface area contributed by atoms with E-state index >= 15 is 0 Å². The number of rotatable bonds is 42. The Bertz CT molecular complexity index is 4360. The number of aromatic hydroxyl groups is 2. The first kappa shape index (κ1) is 88.3. The highest BCUT2D eigenvalue weighted by Crippen LogP contribution is 2.29. The van der Waals surface area contributed by atoms with Crippen LogP contribution in [0.25, 0.3) is 0 Å². The third kappa shape index (κ3) is 29.1. The average molecular weight is 1570 g/mol. The van der Waals surface area contributed by atoms with Crippen LogP contribution in [0, 0.1) is 13.8 Å². The predicted molar refractivity (Wildman–Crippen MR) is 431 cm³/mol. The van der Waals surface area contributed by atoms with Gasteiger partial charge in [-0.05, 0) is 202 Å². The van der Waals surface area contributed by atoms with Crippen LogP contribution in [-0.4, -0.2) is 175 Å². The fourth-order valence-corrected chi connectivity index (χ4v) is 11.0. The van der Waals surface area contributed by atoms with Gasteiger partial charge in [0.05, 0.1) is 84.7 Å². The molecule has 606 valence electrons. The average Bonchev–Trinajstić information content (AvgIpc) is 0.847. The van der Waals surface area contributed by atoms with Crippen molar-refractivity contribution >= 4 is 35.4 Å². The van der Waals surface area contributed by atoms with E-state index in [4.69, 9.17) is 61.6 Å². The molecule has 0 fully saturated rings. The number of carbonyl (C=O) groups is 6. The van der Waals surface area contributed by atoms with E-state index in [0.717, 1.165) is 57.2 Å². The summed E-state index contributed by atoms with van der Waals surface area (Å²) in [4.78, 5) is 74.6. The van der Waals surface area contributed by atoms with Gasteiger partial charge in [-0.2, -0.15) is 0 Å². The lowest BCUT2D eigenvalue weighted by atomic mass is 10.1. The molecule has 8 N–H and O–H groups in total. The minimum absolute atomic E-state index is 0.0178. The molecule has 0 heterocycles. The predicted octanol–water partition coefficient (Wildman–Crippen LogP) is 11.6. The van der Waals surface area contributed by atoms with Crippen LogP contribution in [0.15, 0.2) is 182 Å². The van der Waals surface area contributed by atoms with Crippen molar-refractivity contribution in [1.29, 1.82) is 0 Å². The van der Waals surface area contributed by atoms with Gasteiger partial charge in [0.25, 0.3) is 35.4 Å². The van der Waals surface area contributed by atoms with E-state index in [1.54, 1.807) is 101 Å². The molecule has 0 unspecified atom stereocenters. The van der Waals surface area contributed by atoms with Gasteiger partial charge in [-0.3, -0.25) is 28.8 Å². The third-order valence-corrected chi connectivity index (χ3v) is 17.3. The van der Waals surface area contributed by atoms with Gasteiger partial charge in [0, 0.05) is 88.9 Å². The Morgan fingerprint density at radius 2 is 0.509 bits per heavy atom. The van der Waals surface area contributed by atoms with Crippen molar-refractivity contribution in [2.45, 2.75) is 52.4 Å². The molecule has 27 nitrogen and oxygen atoms in total. The Kier molecular flexibility index (Phi) is 37.2. The van der Waals surface area contributed by atoms with Gasteiger partial charge in [-0.25, -0.2) is 0 Å². The summed E-state index contributed by atoms with van der Waals surface area (Å²) in [6.07, 6.45) is 3.88. The van der Waals surface area contributed by atoms with E-state index < -0.39 is 0 Å². The first-order valence-corrected chi connectivity index (χ1v) is 36.8. The topological polar surface area (TPSA) is 335 Å². The van der Waals surface area contributed by atoms with Crippen molar-refractivity contribution < 1.29 is 101 Å². The Morgan fingerprint density at radius 3 is 0.781 bits per heavy atom. The molecule has 0 bridgehead atoms. The molecular weight excluding hydrogens is 1460 g/mol. The number of amides is 6. The number of phenolic OH excluding ortho intramolecular Hbond substituents is 2. The highest BCUT2D eigenvalue weighted by atomic mass is 16.7. The van der Waals surface area contributed by atoms with Crippen LogP contribution in [0.2, 0.25) is 0 Å². The second-order valence-corrected chi connectivity index (χ2v) is 25.3. The molecule has 9 aromatic rings. The van der Waals surface area contributed by atoms with Gasteiger partial charge < -0.3 is 104 Å². The molecule has 9 aromatic carbocycles. The maximum Gasteiger partial charge on any atom is 0.255 e. The van der Waals surface area contributed by atoms with E-state index in [1.807, 2.05) is 98.8 Å². The number of aryl methyl sites for hydroxylation is 2. The van der Waals surface area contributed by atoms with Gasteiger partial charge in [0.1, 0.15) is 74.7 Å². The lowest BCUT2D eigenvalue weighted by Crippen LogP contribution is -2.26. The van der Waals surface area contributed by atoms with Gasteiger partial charge in [0.15, 0.2) is 13.6 Å². The molecule has 0 aliphatic heterocycles. The van der Waals surface area contributed by atoms with Crippen LogP contribution in [0.1, 0.15) is 109 Å². The zero-order valence-electron chi connectivity index (χ0n) is 66.0. The van der Waals surface area contributed by atoms with Crippen molar-refractivity contribution in [2.24, 2.45) is 0 Å². The van der Waals surface area contributed by atoms with Crippen LogP contribution in [0.4, 0.5) is 0 Å². The molecule has 6 amide bonds. The van der Waals surface area contributed by atoms with Gasteiger partial charge >= 0.3 is 0 Å². The normalized spacial score (nSPS) is 10.4. The smallest absolute Gasteiger partial charge is 0.255 e. The van der Waals surface area contributed by atoms with Crippen molar-refractivity contribution in [2.75, 3.05) is 130 Å². The van der Waals surface area contributed by atoms with E-state index in [2.05, 4.69) is 31.9 Å². The number of phenols is 2. The molecule has 27 heteroatoms. The van der Waals surface area contributed by atoms with Gasteiger partial charge in [-0.1, -0.05) is 36.4 Å². The molecule has 0 saturated carbocycles. The quantitative estimate of drug-likeness (QED) is 0.0130. The largest absolute Gasteiger partial charge is 0.507 e. The summed E-state index contributed by atoms with van der Waals surface area (Å²) < 4.78 is 69.0. The number of benzene rings is 9. The zero-order valence-corrected chi connectivity index (χ0v) is 66.0. The number of methoxy groups -OCH3 is 8. The molecule has 114 heavy (non-hydrogen) atoms. The second-order valence-electron chi connectivity index (χ2n) is 25.3. The van der Waals surface area contributed by atoms with Crippen molar-refractivity contribution in [3.63, 3.8) is 0 Å². The summed E-state index contributed by atoms with van der Waals surface area (Å²) in [7, 11) is 12.3. The summed E-state index contributed by atoms with van der Waals surface area (Å²) in [6.45, 7) is 7.91. The SMILES string of the molecule is COCOc1cc(OC)ccc1C(=O)NCCCOc1ccc(CCNC(=O)c2ccc(OC)cc2OCOC)cc1.COc1ccc(C(=O)NCCCOc2ccc(CCNC(=O)c3ccc(OC)cc3C)cc2)c(C)c1.COc1ccc(C(=O)NCCCOc2ccc(CCNC(=O)c3ccc(OC)cc3O)cc2)c(O)c1. The van der Waals surface area contributed by atoms with E-state index in [1.165, 1.54) is 52.7 Å². The van der Waals surface area contributed by atoms with Crippen LogP contribution in [-0.2, 0) is 28.7 Å². The lowest BCUT2D eigenvalue weighted by molar-refractivity contribution is 0.0496. The molecule has 0 aliphatic rings. The van der Waals surface area contributed by atoms with E-state index in [9.17, 15) is 39.0 Å². The molecule has 0 spiro atoms. The number of hydrogen-bond donors (Lipinski definition) is 8. The van der Waals surface area contributed by atoms with E-state index in [0.29, 0.717) is 154 Å². The summed E-state index contributed by atoms with van der Waals surface area (Å²) in [6, 6.07) is 52.9. The summed E-state index contributed by atoms with van der Waals surface area (Å²) in [5, 5.41) is 37.1. The Balaban J connectivity index is 0.000000238. The van der Waals surface area contributed by atoms with Gasteiger partial charge in [-0.15, -0.1) is 0 Å². The Morgan fingerprint density at radius 1 is 0.272 bits per heavy atom. The second kappa shape index (κ2) is 48.0. The van der Waals surface area contributed by atoms with Crippen molar-refractivity contribution in [1.82, 2.24) is 31.9 Å². The highest BCUT2D eigenvalue weighted by Gasteiger charge is 2.19. The molecule has 0 radical (unpaired) electrons. The summed E-state index contributed by atoms with van der Waals surface area (Å²) in [5.41, 5.74) is 7.39. The summed E-state index contributed by atoms with van der Waals surface area (Å²) >= 11 is 0. The molecule has 0 aliphatic carbocycles. The van der Waals surface area contributed by atoms with Crippen LogP contribution < -0.4 is 84.0 Å². The molecule has 9 rings (SSSR count). The fraction of sp³-hybridized carbons (Fsp3) is 0.310. The van der Waals surface area contributed by atoms with Crippen molar-refractivity contribution in [3.8, 4) is 74.7 Å². The molecular formula is C87H102N6O21. The minimum atomic E-state index is -0.367. The van der Waals surface area contributed by atoms with Crippen LogP contribution >= 0.6 is 0 Å². The van der Waals surface area contributed by atoms with Crippen LogP contribution in [0.5, 0.6) is 74.7 Å². The third-order valence-electron chi connectivity index (χ3n) is 17.3. The maximum atomic E-state index is 12.7. The lowest BCUT2D eigenvalue weighted by Gasteiger charge is -2.13. The Labute approximate surface area is 664 Å². The Hall–Kier alpha value is -12.9. The maximum absolute atomic E-state index is 12.7. The van der Waals surface area contributed by atoms with Crippen LogP contribution in [0.3, 0.4) is 0 Å². The number of ether oxygens (including phenoxy) is 13. The first-order chi connectivity index (χ1) is 55.3. The monoisotopic (exact) mass is 1570 g/mol. The number of hydrogen-bond acceptors (Lipinski definition) is 21. The number of nitrogens with one attached hydrogen (secondary N) is 6. The molecule has 0 aromatic heterocycles. The zero-order chi connectivity index (χ0) is 82.0. The standard InChI is InChI=1S/C31H38N2O9.C29H34N2O5.C27H30N2O7/c1-36-20-41-28-18-24(38-3)10-12-26(28)30(34)32-15-5-17-40-23-8-6-22(7-9-23)14-16-33-31(35)27-13-11-25(39-4)19-29(27)42-21-37-2;1-20-18-24(34-3)10-12-26(20)28(32)30-15-5-17-36-23-8-6-22(7-9-23)14-16-31-29(33)27-13-11-25(35-4)19-21(27)2;1-34-20-8-10-22(24(30)16-20)26(32)28-13-3-15-36-19-6-4-18(5-7-19)12-14-29-27(33)23-11-9-21(35-2)17-25(23)31/h6-13,18-19H,5,14-17,20-21H2,1-4H3,(H,32,34)(H,33,35);6-13,18-19H,5,14-17H2,1-4H3,(H,30,32)(H,31,33);4-11,16-17,30-31H,3,12-15H2,1-2H3,(H,28,32)(H,29,33). The highest BCUT2D eigenvalue weighted by molar-refractivity contribution is 5.99. The molecule has 0 saturated heterocycles. The van der Waals surface area contributed by atoms with E-state index in [-0.39, 0.29) is 71.7 Å². The van der Waals surface area contributed by atoms with Gasteiger partial charge in [0.2, 0.25) is 0 Å².